The van der Waals surface area contributed by atoms with E-state index in [1.807, 2.05) is 0 Å². The van der Waals surface area contributed by atoms with Crippen LogP contribution >= 0.6 is 0 Å². The van der Waals surface area contributed by atoms with Crippen LogP contribution in [0.1, 0.15) is 32.6 Å². The van der Waals surface area contributed by atoms with Crippen molar-refractivity contribution in [2.24, 2.45) is 11.7 Å². The topological polar surface area (TPSA) is 75.9 Å². The predicted molar refractivity (Wildman–Crippen MR) is 78.5 cm³/mol. The summed E-state index contributed by atoms with van der Waals surface area (Å²) in [5.41, 5.74) is 5.55. The van der Waals surface area contributed by atoms with Crippen LogP contribution in [0, 0.1) is 5.92 Å². The van der Waals surface area contributed by atoms with Gasteiger partial charge in [-0.15, -0.1) is 0 Å². The fourth-order valence-electron chi connectivity index (χ4n) is 3.14. The van der Waals surface area contributed by atoms with Gasteiger partial charge in [-0.25, -0.2) is 0 Å². The van der Waals surface area contributed by atoms with Crippen molar-refractivity contribution in [3.05, 3.63) is 0 Å². The first kappa shape index (κ1) is 16.2. The molecule has 118 valence electrons. The van der Waals surface area contributed by atoms with E-state index in [0.717, 1.165) is 25.7 Å². The second kappa shape index (κ2) is 6.27. The van der Waals surface area contributed by atoms with Gasteiger partial charge in [0.15, 0.2) is 0 Å². The van der Waals surface area contributed by atoms with E-state index in [2.05, 4.69) is 6.92 Å². The quantitative estimate of drug-likeness (QED) is 0.816. The maximum absolute atomic E-state index is 12.8. The molecule has 6 nitrogen and oxygen atoms in total. The van der Waals surface area contributed by atoms with Crippen LogP contribution in [0.4, 0.5) is 0 Å². The lowest BCUT2D eigenvalue weighted by molar-refractivity contribution is 0.0641. The van der Waals surface area contributed by atoms with Gasteiger partial charge in [0.25, 0.3) is 10.2 Å². The van der Waals surface area contributed by atoms with Crippen molar-refractivity contribution in [3.8, 4) is 0 Å². The van der Waals surface area contributed by atoms with Crippen molar-refractivity contribution in [1.82, 2.24) is 8.61 Å². The molecule has 0 spiro atoms. The zero-order chi connectivity index (χ0) is 14.8. The third-order valence-electron chi connectivity index (χ3n) is 4.90. The summed E-state index contributed by atoms with van der Waals surface area (Å²) in [5, 5.41) is 0. The van der Waals surface area contributed by atoms with Crippen LogP contribution in [-0.2, 0) is 14.9 Å². The Kier molecular flexibility index (Phi) is 5.07. The molecule has 0 aromatic carbocycles. The summed E-state index contributed by atoms with van der Waals surface area (Å²) >= 11 is 0. The molecule has 0 atom stereocenters. The SMILES string of the molecule is CC1CCC(CN)(N(C)S(=O)(=O)N2CCOCC2)CC1. The molecule has 2 aliphatic rings. The van der Waals surface area contributed by atoms with Crippen LogP contribution in [0.15, 0.2) is 0 Å². The molecule has 1 saturated heterocycles. The van der Waals surface area contributed by atoms with Crippen molar-refractivity contribution in [1.29, 1.82) is 0 Å². The molecule has 2 fully saturated rings. The number of nitrogens with two attached hydrogens (primary N) is 1. The summed E-state index contributed by atoms with van der Waals surface area (Å²) in [5.74, 6) is 0.661. The van der Waals surface area contributed by atoms with E-state index >= 15 is 0 Å². The van der Waals surface area contributed by atoms with E-state index in [1.165, 1.54) is 8.61 Å². The number of morpholine rings is 1. The van der Waals surface area contributed by atoms with Crippen LogP contribution < -0.4 is 5.73 Å². The number of ether oxygens (including phenoxy) is 1. The third-order valence-corrected chi connectivity index (χ3v) is 6.99. The van der Waals surface area contributed by atoms with Gasteiger partial charge in [0, 0.05) is 32.2 Å². The lowest BCUT2D eigenvalue weighted by atomic mass is 9.77. The molecule has 1 aliphatic carbocycles. The molecule has 0 aromatic rings. The highest BCUT2D eigenvalue weighted by Gasteiger charge is 2.44. The second-order valence-corrected chi connectivity index (χ2v) is 8.06. The molecule has 0 bridgehead atoms. The molecular weight excluding hydrogens is 278 g/mol. The van der Waals surface area contributed by atoms with Crippen molar-refractivity contribution in [2.45, 2.75) is 38.1 Å². The Morgan fingerprint density at radius 1 is 1.30 bits per heavy atom. The monoisotopic (exact) mass is 305 g/mol. The molecule has 0 radical (unpaired) electrons. The number of hydrogen-bond donors (Lipinski definition) is 1. The summed E-state index contributed by atoms with van der Waals surface area (Å²) in [6.07, 6.45) is 3.79. The molecule has 2 rings (SSSR count). The van der Waals surface area contributed by atoms with E-state index in [4.69, 9.17) is 10.5 Å². The number of rotatable bonds is 4. The summed E-state index contributed by atoms with van der Waals surface area (Å²) in [4.78, 5) is 0. The minimum Gasteiger partial charge on any atom is -0.379 e. The van der Waals surface area contributed by atoms with Gasteiger partial charge in [0.1, 0.15) is 0 Å². The van der Waals surface area contributed by atoms with Gasteiger partial charge in [0.2, 0.25) is 0 Å². The first-order valence-corrected chi connectivity index (χ1v) is 8.84. The van der Waals surface area contributed by atoms with E-state index < -0.39 is 15.7 Å². The molecule has 7 heteroatoms. The minimum absolute atomic E-state index is 0.389. The maximum atomic E-state index is 12.8. The molecule has 0 amide bonds. The van der Waals surface area contributed by atoms with Crippen LogP contribution in [0.25, 0.3) is 0 Å². The van der Waals surface area contributed by atoms with E-state index in [-0.39, 0.29) is 0 Å². The number of hydrogen-bond acceptors (Lipinski definition) is 4. The Bertz CT molecular complexity index is 413. The molecule has 0 aromatic heterocycles. The second-order valence-electron chi connectivity index (χ2n) is 6.10. The minimum atomic E-state index is -3.44. The standard InChI is InChI=1S/C13H27N3O3S/c1-12-3-5-13(11-14,6-4-12)15(2)20(17,18)16-7-9-19-10-8-16/h12H,3-11,14H2,1-2H3. The van der Waals surface area contributed by atoms with Gasteiger partial charge in [-0.2, -0.15) is 17.0 Å². The number of likely N-dealkylation sites (N-methyl/N-ethyl adjacent to an activating group) is 1. The van der Waals surface area contributed by atoms with Crippen LogP contribution in [0.3, 0.4) is 0 Å². The van der Waals surface area contributed by atoms with Gasteiger partial charge in [0.05, 0.1) is 13.2 Å². The highest BCUT2D eigenvalue weighted by atomic mass is 32.2. The van der Waals surface area contributed by atoms with Gasteiger partial charge < -0.3 is 10.5 Å². The largest absolute Gasteiger partial charge is 0.379 e. The third kappa shape index (κ3) is 3.01. The maximum Gasteiger partial charge on any atom is 0.282 e. The lowest BCUT2D eigenvalue weighted by Gasteiger charge is -2.46. The average molecular weight is 305 g/mol. The normalized spacial score (nSPS) is 33.5. The molecule has 1 saturated carbocycles. The van der Waals surface area contributed by atoms with E-state index in [1.54, 1.807) is 7.05 Å². The van der Waals surface area contributed by atoms with Crippen LogP contribution in [0.5, 0.6) is 0 Å². The van der Waals surface area contributed by atoms with Crippen molar-refractivity contribution in [3.63, 3.8) is 0 Å². The van der Waals surface area contributed by atoms with E-state index in [9.17, 15) is 8.42 Å². The van der Waals surface area contributed by atoms with Gasteiger partial charge in [-0.3, -0.25) is 0 Å². The van der Waals surface area contributed by atoms with Gasteiger partial charge in [-0.1, -0.05) is 6.92 Å². The fourth-order valence-corrected chi connectivity index (χ4v) is 4.85. The molecule has 2 N–H and O–H groups in total. The van der Waals surface area contributed by atoms with E-state index in [0.29, 0.717) is 38.8 Å². The zero-order valence-corrected chi connectivity index (χ0v) is 13.4. The Morgan fingerprint density at radius 3 is 2.35 bits per heavy atom. The van der Waals surface area contributed by atoms with Crippen molar-refractivity contribution >= 4 is 10.2 Å². The Labute approximate surface area is 122 Å². The van der Waals surface area contributed by atoms with Crippen molar-refractivity contribution in [2.75, 3.05) is 39.9 Å². The Balaban J connectivity index is 2.16. The summed E-state index contributed by atoms with van der Waals surface area (Å²) in [6.45, 7) is 4.42. The highest BCUT2D eigenvalue weighted by Crippen LogP contribution is 2.37. The van der Waals surface area contributed by atoms with Crippen LogP contribution in [-0.4, -0.2) is 62.5 Å². The fraction of sp³-hybridized carbons (Fsp3) is 1.00. The predicted octanol–water partition coefficient (Wildman–Crippen LogP) is 0.403. The molecule has 0 unspecified atom stereocenters. The smallest absolute Gasteiger partial charge is 0.282 e. The highest BCUT2D eigenvalue weighted by molar-refractivity contribution is 7.86. The Morgan fingerprint density at radius 2 is 1.85 bits per heavy atom. The van der Waals surface area contributed by atoms with Gasteiger partial charge in [-0.05, 0) is 31.6 Å². The molecule has 1 heterocycles. The summed E-state index contributed by atoms with van der Waals surface area (Å²) < 4.78 is 33.8. The summed E-state index contributed by atoms with van der Waals surface area (Å²) in [6, 6.07) is 0. The van der Waals surface area contributed by atoms with Crippen molar-refractivity contribution < 1.29 is 13.2 Å². The lowest BCUT2D eigenvalue weighted by Crippen LogP contribution is -2.60. The molecule has 1 aliphatic heterocycles. The number of nitrogens with zero attached hydrogens (tertiary/aromatic N) is 2. The van der Waals surface area contributed by atoms with Gasteiger partial charge >= 0.3 is 0 Å². The Hall–Kier alpha value is -0.210. The molecular formula is C13H27N3O3S. The zero-order valence-electron chi connectivity index (χ0n) is 12.5. The first-order valence-electron chi connectivity index (χ1n) is 7.44. The molecule has 20 heavy (non-hydrogen) atoms. The van der Waals surface area contributed by atoms with Crippen LogP contribution in [0.2, 0.25) is 0 Å². The summed E-state index contributed by atoms with van der Waals surface area (Å²) in [7, 11) is -1.75. The first-order chi connectivity index (χ1) is 9.42. The average Bonchev–Trinajstić information content (AvgIpc) is 2.48.